The second-order valence-corrected chi connectivity index (χ2v) is 5.06. The Hall–Kier alpha value is -0.450. The van der Waals surface area contributed by atoms with Gasteiger partial charge in [0.2, 0.25) is 0 Å². The molecule has 0 aliphatic carbocycles. The predicted molar refractivity (Wildman–Crippen MR) is 64.2 cm³/mol. The lowest BCUT2D eigenvalue weighted by molar-refractivity contribution is 0.399. The van der Waals surface area contributed by atoms with Gasteiger partial charge in [-0.25, -0.2) is 4.98 Å². The van der Waals surface area contributed by atoms with Crippen LogP contribution in [0.4, 0.5) is 0 Å². The second-order valence-electron chi connectivity index (χ2n) is 4.12. The molecule has 3 nitrogen and oxygen atoms in total. The molecule has 0 bridgehead atoms. The molecule has 15 heavy (non-hydrogen) atoms. The molecule has 0 spiro atoms. The Morgan fingerprint density at radius 2 is 2.47 bits per heavy atom. The van der Waals surface area contributed by atoms with E-state index in [2.05, 4.69) is 15.7 Å². The average Bonchev–Trinajstić information content (AvgIpc) is 2.68. The Balaban J connectivity index is 1.86. The third-order valence-electron chi connectivity index (χ3n) is 2.83. The Labute approximate surface area is 95.1 Å². The Kier molecular flexibility index (Phi) is 4.11. The molecule has 1 atom stereocenters. The minimum atomic E-state index is 0.649. The number of nitrogens with zero attached hydrogens (tertiary/aromatic N) is 1. The van der Waals surface area contributed by atoms with Crippen molar-refractivity contribution in [2.45, 2.75) is 38.1 Å². The molecule has 2 rings (SSSR count). The Morgan fingerprint density at radius 1 is 1.53 bits per heavy atom. The highest BCUT2D eigenvalue weighted by Gasteiger charge is 2.14. The van der Waals surface area contributed by atoms with Crippen LogP contribution in [0.3, 0.4) is 0 Å². The molecule has 1 aliphatic heterocycles. The second kappa shape index (κ2) is 5.58. The van der Waals surface area contributed by atoms with Crippen LogP contribution in [-0.2, 0) is 12.8 Å². The van der Waals surface area contributed by atoms with Crippen LogP contribution in [0.1, 0.15) is 30.0 Å². The maximum absolute atomic E-state index is 5.51. The minimum absolute atomic E-state index is 0.649. The molecule has 0 aromatic carbocycles. The fourth-order valence-electron chi connectivity index (χ4n) is 2.01. The highest BCUT2D eigenvalue weighted by Crippen LogP contribution is 2.16. The first kappa shape index (κ1) is 11.0. The van der Waals surface area contributed by atoms with Crippen molar-refractivity contribution in [3.05, 3.63) is 16.1 Å². The standard InChI is InChI=1S/C11H19N3S/c12-5-4-10-8-15-11(14-10)7-9-3-1-2-6-13-9/h8-9,13H,1-7,12H2. The molecular weight excluding hydrogens is 206 g/mol. The van der Waals surface area contributed by atoms with Gasteiger partial charge in [0.25, 0.3) is 0 Å². The summed E-state index contributed by atoms with van der Waals surface area (Å²) in [5.74, 6) is 0. The molecule has 4 heteroatoms. The summed E-state index contributed by atoms with van der Waals surface area (Å²) < 4.78 is 0. The van der Waals surface area contributed by atoms with Crippen LogP contribution in [0.15, 0.2) is 5.38 Å². The number of rotatable bonds is 4. The first-order valence-electron chi connectivity index (χ1n) is 5.75. The van der Waals surface area contributed by atoms with Gasteiger partial charge in [0.15, 0.2) is 0 Å². The van der Waals surface area contributed by atoms with E-state index in [1.807, 2.05) is 0 Å². The third kappa shape index (κ3) is 3.26. The fourth-order valence-corrected chi connectivity index (χ4v) is 2.92. The molecule has 0 amide bonds. The molecule has 1 unspecified atom stereocenters. The summed E-state index contributed by atoms with van der Waals surface area (Å²) in [7, 11) is 0. The lowest BCUT2D eigenvalue weighted by atomic mass is 10.0. The molecule has 2 heterocycles. The van der Waals surface area contributed by atoms with Gasteiger partial charge in [-0.05, 0) is 25.9 Å². The van der Waals surface area contributed by atoms with E-state index in [9.17, 15) is 0 Å². The number of piperidine rings is 1. The van der Waals surface area contributed by atoms with Crippen molar-refractivity contribution in [3.63, 3.8) is 0 Å². The van der Waals surface area contributed by atoms with E-state index in [0.29, 0.717) is 12.6 Å². The zero-order valence-corrected chi connectivity index (χ0v) is 9.85. The van der Waals surface area contributed by atoms with E-state index in [1.54, 1.807) is 11.3 Å². The molecule has 1 saturated heterocycles. The monoisotopic (exact) mass is 225 g/mol. The van der Waals surface area contributed by atoms with Crippen molar-refractivity contribution in [1.82, 2.24) is 10.3 Å². The maximum Gasteiger partial charge on any atom is 0.0943 e. The maximum atomic E-state index is 5.51. The molecular formula is C11H19N3S. The smallest absolute Gasteiger partial charge is 0.0943 e. The van der Waals surface area contributed by atoms with Crippen LogP contribution < -0.4 is 11.1 Å². The normalized spacial score (nSPS) is 21.8. The van der Waals surface area contributed by atoms with E-state index < -0.39 is 0 Å². The highest BCUT2D eigenvalue weighted by molar-refractivity contribution is 7.09. The Morgan fingerprint density at radius 3 is 3.20 bits per heavy atom. The van der Waals surface area contributed by atoms with Crippen LogP contribution in [0.25, 0.3) is 0 Å². The summed E-state index contributed by atoms with van der Waals surface area (Å²) >= 11 is 1.78. The van der Waals surface area contributed by atoms with E-state index in [4.69, 9.17) is 5.73 Å². The zero-order valence-electron chi connectivity index (χ0n) is 9.04. The van der Waals surface area contributed by atoms with Gasteiger partial charge >= 0.3 is 0 Å². The molecule has 1 aromatic rings. The SMILES string of the molecule is NCCc1csc(CC2CCCCN2)n1. The summed E-state index contributed by atoms with van der Waals surface area (Å²) in [6.45, 7) is 1.87. The van der Waals surface area contributed by atoms with Crippen LogP contribution in [0.2, 0.25) is 0 Å². The molecule has 1 aliphatic rings. The topological polar surface area (TPSA) is 50.9 Å². The number of nitrogens with two attached hydrogens (primary N) is 1. The number of hydrogen-bond acceptors (Lipinski definition) is 4. The van der Waals surface area contributed by atoms with Gasteiger partial charge in [-0.15, -0.1) is 11.3 Å². The zero-order chi connectivity index (χ0) is 10.5. The first-order chi connectivity index (χ1) is 7.38. The fraction of sp³-hybridized carbons (Fsp3) is 0.727. The molecule has 1 fully saturated rings. The van der Waals surface area contributed by atoms with Gasteiger partial charge in [0.1, 0.15) is 0 Å². The summed E-state index contributed by atoms with van der Waals surface area (Å²) in [5.41, 5.74) is 6.67. The van der Waals surface area contributed by atoms with Crippen molar-refractivity contribution in [3.8, 4) is 0 Å². The largest absolute Gasteiger partial charge is 0.330 e. The van der Waals surface area contributed by atoms with E-state index in [-0.39, 0.29) is 0 Å². The van der Waals surface area contributed by atoms with Gasteiger partial charge in [0.05, 0.1) is 10.7 Å². The van der Waals surface area contributed by atoms with Crippen molar-refractivity contribution in [1.29, 1.82) is 0 Å². The molecule has 84 valence electrons. The molecule has 0 saturated carbocycles. The van der Waals surface area contributed by atoms with Crippen molar-refractivity contribution >= 4 is 11.3 Å². The van der Waals surface area contributed by atoms with Gasteiger partial charge in [-0.2, -0.15) is 0 Å². The summed E-state index contributed by atoms with van der Waals surface area (Å²) in [6.07, 6.45) is 5.99. The highest BCUT2D eigenvalue weighted by atomic mass is 32.1. The van der Waals surface area contributed by atoms with Crippen LogP contribution >= 0.6 is 11.3 Å². The van der Waals surface area contributed by atoms with Crippen LogP contribution in [0.5, 0.6) is 0 Å². The summed E-state index contributed by atoms with van der Waals surface area (Å²) in [5, 5.41) is 6.96. The number of nitrogens with one attached hydrogen (secondary N) is 1. The average molecular weight is 225 g/mol. The Bertz CT molecular complexity index is 292. The van der Waals surface area contributed by atoms with Crippen LogP contribution in [0, 0.1) is 0 Å². The minimum Gasteiger partial charge on any atom is -0.330 e. The molecule has 0 radical (unpaired) electrons. The number of hydrogen-bond donors (Lipinski definition) is 2. The lowest BCUT2D eigenvalue weighted by Gasteiger charge is -2.22. The molecule has 3 N–H and O–H groups in total. The van der Waals surface area contributed by atoms with Crippen molar-refractivity contribution in [2.24, 2.45) is 5.73 Å². The third-order valence-corrected chi connectivity index (χ3v) is 3.75. The molecule has 1 aromatic heterocycles. The summed E-state index contributed by atoms with van der Waals surface area (Å²) in [4.78, 5) is 4.59. The van der Waals surface area contributed by atoms with Gasteiger partial charge in [-0.3, -0.25) is 0 Å². The quantitative estimate of drug-likeness (QED) is 0.813. The van der Waals surface area contributed by atoms with Crippen molar-refractivity contribution < 1.29 is 0 Å². The van der Waals surface area contributed by atoms with E-state index >= 15 is 0 Å². The number of aromatic nitrogens is 1. The van der Waals surface area contributed by atoms with E-state index in [1.165, 1.54) is 30.8 Å². The van der Waals surface area contributed by atoms with Crippen molar-refractivity contribution in [2.75, 3.05) is 13.1 Å². The predicted octanol–water partition coefficient (Wildman–Crippen LogP) is 1.33. The first-order valence-corrected chi connectivity index (χ1v) is 6.63. The van der Waals surface area contributed by atoms with Gasteiger partial charge in [0, 0.05) is 24.3 Å². The van der Waals surface area contributed by atoms with Gasteiger partial charge in [-0.1, -0.05) is 6.42 Å². The van der Waals surface area contributed by atoms with Gasteiger partial charge < -0.3 is 11.1 Å². The number of thiazole rings is 1. The van der Waals surface area contributed by atoms with E-state index in [0.717, 1.165) is 18.5 Å². The van der Waals surface area contributed by atoms with Crippen LogP contribution in [-0.4, -0.2) is 24.1 Å². The summed E-state index contributed by atoms with van der Waals surface area (Å²) in [6, 6.07) is 0.649. The lowest BCUT2D eigenvalue weighted by Crippen LogP contribution is -2.35.